The lowest BCUT2D eigenvalue weighted by atomic mass is 10.2. The first kappa shape index (κ1) is 17.8. The van der Waals surface area contributed by atoms with Crippen LogP contribution >= 0.6 is 0 Å². The summed E-state index contributed by atoms with van der Waals surface area (Å²) in [4.78, 5) is 2.52. The van der Waals surface area contributed by atoms with Crippen molar-refractivity contribution >= 4 is 16.6 Å². The van der Waals surface area contributed by atoms with Crippen molar-refractivity contribution in [2.24, 2.45) is 0 Å². The molecule has 1 aliphatic rings. The van der Waals surface area contributed by atoms with E-state index in [4.69, 9.17) is 8.85 Å². The Hall–Kier alpha value is -0.266. The normalized spacial score (nSPS) is 22.7. The van der Waals surface area contributed by atoms with E-state index in [0.717, 1.165) is 37.4 Å². The van der Waals surface area contributed by atoms with Crippen molar-refractivity contribution < 1.29 is 8.85 Å². The Bertz CT molecular complexity index is 356. The van der Waals surface area contributed by atoms with E-state index in [0.29, 0.717) is 6.04 Å². The number of rotatable bonds is 5. The van der Waals surface area contributed by atoms with E-state index in [2.05, 4.69) is 58.0 Å². The van der Waals surface area contributed by atoms with E-state index in [1.54, 1.807) is 0 Å². The van der Waals surface area contributed by atoms with Gasteiger partial charge in [-0.2, -0.15) is 0 Å². The molecule has 1 heterocycles. The van der Waals surface area contributed by atoms with E-state index < -0.39 is 16.6 Å². The van der Waals surface area contributed by atoms with E-state index >= 15 is 0 Å². The lowest BCUT2D eigenvalue weighted by molar-refractivity contribution is 0.216. The van der Waals surface area contributed by atoms with Gasteiger partial charge < -0.3 is 13.8 Å². The van der Waals surface area contributed by atoms with Gasteiger partial charge in [-0.15, -0.1) is 0 Å². The summed E-state index contributed by atoms with van der Waals surface area (Å²) >= 11 is 0. The lowest BCUT2D eigenvalue weighted by Gasteiger charge is -2.28. The highest BCUT2D eigenvalue weighted by molar-refractivity contribution is 6.70. The molecule has 1 atom stereocenters. The molecule has 0 aromatic rings. The van der Waals surface area contributed by atoms with Crippen LogP contribution in [0.15, 0.2) is 11.5 Å². The zero-order valence-corrected chi connectivity index (χ0v) is 16.7. The summed E-state index contributed by atoms with van der Waals surface area (Å²) in [5.41, 5.74) is 0. The molecule has 0 aliphatic carbocycles. The van der Waals surface area contributed by atoms with E-state index in [1.165, 1.54) is 0 Å². The Morgan fingerprint density at radius 2 is 1.50 bits per heavy atom. The molecule has 0 saturated carbocycles. The summed E-state index contributed by atoms with van der Waals surface area (Å²) in [7, 11) is -3.17. The first-order chi connectivity index (χ1) is 9.02. The minimum Gasteiger partial charge on any atom is -0.545 e. The van der Waals surface area contributed by atoms with Crippen LogP contribution in [0.1, 0.15) is 26.7 Å². The maximum absolute atomic E-state index is 6.37. The van der Waals surface area contributed by atoms with Crippen LogP contribution in [-0.4, -0.2) is 40.7 Å². The second kappa shape index (κ2) is 6.66. The third-order valence-corrected chi connectivity index (χ3v) is 5.02. The highest BCUT2D eigenvalue weighted by Gasteiger charge is 2.29. The summed E-state index contributed by atoms with van der Waals surface area (Å²) in [6.07, 6.45) is 1.97. The Morgan fingerprint density at radius 1 is 1.00 bits per heavy atom. The molecule has 1 aliphatic heterocycles. The average molecular weight is 316 g/mol. The molecular formula is C15H33NO2Si2. The molecule has 0 aromatic carbocycles. The minimum absolute atomic E-state index is 0.536. The van der Waals surface area contributed by atoms with Crippen LogP contribution in [0.4, 0.5) is 0 Å². The lowest BCUT2D eigenvalue weighted by Crippen LogP contribution is -2.33. The molecule has 1 rings (SSSR count). The molecule has 0 spiro atoms. The van der Waals surface area contributed by atoms with Crippen LogP contribution in [0.3, 0.4) is 0 Å². The fourth-order valence-corrected chi connectivity index (χ4v) is 4.42. The first-order valence-corrected chi connectivity index (χ1v) is 14.7. The van der Waals surface area contributed by atoms with E-state index in [-0.39, 0.29) is 0 Å². The SMILES string of the molecule is CCN1CCC(O[Si](C)(C)C)=C(O[Si](C)(C)C)CC1C. The molecule has 0 amide bonds. The predicted octanol–water partition coefficient (Wildman–Crippen LogP) is 4.41. The zero-order chi connectivity index (χ0) is 15.6. The van der Waals surface area contributed by atoms with Gasteiger partial charge in [-0.05, 0) is 52.8 Å². The second-order valence-electron chi connectivity index (χ2n) is 7.71. The molecular weight excluding hydrogens is 282 g/mol. The maximum atomic E-state index is 6.37. The molecule has 5 heteroatoms. The van der Waals surface area contributed by atoms with Crippen LogP contribution in [0.5, 0.6) is 0 Å². The molecule has 1 unspecified atom stereocenters. The molecule has 0 saturated heterocycles. The molecule has 0 N–H and O–H groups in total. The maximum Gasteiger partial charge on any atom is 0.241 e. The predicted molar refractivity (Wildman–Crippen MR) is 91.8 cm³/mol. The van der Waals surface area contributed by atoms with Crippen molar-refractivity contribution in [3.63, 3.8) is 0 Å². The first-order valence-electron chi connectivity index (χ1n) is 7.86. The fourth-order valence-electron chi connectivity index (χ4n) is 2.53. The molecule has 3 nitrogen and oxygen atoms in total. The number of hydrogen-bond donors (Lipinski definition) is 0. The van der Waals surface area contributed by atoms with Crippen molar-refractivity contribution in [3.05, 3.63) is 11.5 Å². The van der Waals surface area contributed by atoms with Crippen molar-refractivity contribution in [2.45, 2.75) is 72.0 Å². The van der Waals surface area contributed by atoms with Gasteiger partial charge in [0.25, 0.3) is 0 Å². The Morgan fingerprint density at radius 3 is 1.95 bits per heavy atom. The van der Waals surface area contributed by atoms with Crippen molar-refractivity contribution in [1.82, 2.24) is 4.90 Å². The zero-order valence-electron chi connectivity index (χ0n) is 14.7. The van der Waals surface area contributed by atoms with Crippen LogP contribution in [0.25, 0.3) is 0 Å². The van der Waals surface area contributed by atoms with Crippen LogP contribution in [0, 0.1) is 0 Å². The summed E-state index contributed by atoms with van der Waals surface area (Å²) in [6, 6.07) is 0.536. The standard InChI is InChI=1S/C15H33NO2Si2/c1-9-16-11-10-14(17-19(3,4)5)15(12-13(16)2)18-20(6,7)8/h13H,9-12H2,1-8H3. The monoisotopic (exact) mass is 315 g/mol. The number of nitrogens with zero attached hydrogens (tertiary/aromatic N) is 1. The van der Waals surface area contributed by atoms with Gasteiger partial charge in [-0.25, -0.2) is 0 Å². The van der Waals surface area contributed by atoms with Gasteiger partial charge in [0.2, 0.25) is 16.6 Å². The van der Waals surface area contributed by atoms with Gasteiger partial charge in [0.1, 0.15) is 11.5 Å². The van der Waals surface area contributed by atoms with Crippen molar-refractivity contribution in [3.8, 4) is 0 Å². The third-order valence-electron chi connectivity index (χ3n) is 3.31. The Kier molecular flexibility index (Phi) is 5.93. The van der Waals surface area contributed by atoms with E-state index in [9.17, 15) is 0 Å². The molecule has 20 heavy (non-hydrogen) atoms. The van der Waals surface area contributed by atoms with E-state index in [1.807, 2.05) is 0 Å². The molecule has 118 valence electrons. The Balaban J connectivity index is 3.00. The Labute approximate surface area is 127 Å². The minimum atomic E-state index is -1.59. The summed E-state index contributed by atoms with van der Waals surface area (Å²) in [5, 5.41) is 0. The smallest absolute Gasteiger partial charge is 0.241 e. The van der Waals surface area contributed by atoms with Crippen molar-refractivity contribution in [1.29, 1.82) is 0 Å². The average Bonchev–Trinajstić information content (AvgIpc) is 2.35. The van der Waals surface area contributed by atoms with Crippen LogP contribution in [-0.2, 0) is 8.85 Å². The van der Waals surface area contributed by atoms with Gasteiger partial charge in [0.05, 0.1) is 0 Å². The van der Waals surface area contributed by atoms with Crippen LogP contribution < -0.4 is 0 Å². The highest BCUT2D eigenvalue weighted by atomic mass is 28.4. The molecule has 0 fully saturated rings. The second-order valence-corrected chi connectivity index (χ2v) is 16.6. The van der Waals surface area contributed by atoms with Gasteiger partial charge in [0.15, 0.2) is 0 Å². The molecule has 0 aromatic heterocycles. The molecule has 0 bridgehead atoms. The third kappa shape index (κ3) is 6.01. The summed E-state index contributed by atoms with van der Waals surface area (Å²) < 4.78 is 12.7. The van der Waals surface area contributed by atoms with Gasteiger partial charge in [-0.3, -0.25) is 0 Å². The highest BCUT2D eigenvalue weighted by Crippen LogP contribution is 2.29. The largest absolute Gasteiger partial charge is 0.545 e. The quantitative estimate of drug-likeness (QED) is 0.702. The number of hydrogen-bond acceptors (Lipinski definition) is 3. The molecule has 0 radical (unpaired) electrons. The van der Waals surface area contributed by atoms with Gasteiger partial charge >= 0.3 is 0 Å². The van der Waals surface area contributed by atoms with Crippen molar-refractivity contribution in [2.75, 3.05) is 13.1 Å². The summed E-state index contributed by atoms with van der Waals surface area (Å²) in [6.45, 7) is 20.2. The fraction of sp³-hybridized carbons (Fsp3) is 0.867. The topological polar surface area (TPSA) is 21.7 Å². The summed E-state index contributed by atoms with van der Waals surface area (Å²) in [5.74, 6) is 2.27. The van der Waals surface area contributed by atoms with Crippen LogP contribution in [0.2, 0.25) is 39.3 Å². The van der Waals surface area contributed by atoms with Gasteiger partial charge in [0, 0.05) is 25.4 Å². The van der Waals surface area contributed by atoms with Gasteiger partial charge in [-0.1, -0.05) is 6.92 Å².